The number of carbonyl (C=O) groups is 3. The number of aliphatic carboxylic acids is 1. The lowest BCUT2D eigenvalue weighted by molar-refractivity contribution is -0.138. The Bertz CT molecular complexity index is 630. The molecule has 2 amide bonds. The van der Waals surface area contributed by atoms with Crippen molar-refractivity contribution >= 4 is 17.9 Å². The first kappa shape index (κ1) is 24.8. The average Bonchev–Trinajstić information content (AvgIpc) is 3.14. The summed E-state index contributed by atoms with van der Waals surface area (Å²) in [5.41, 5.74) is 5.82. The number of amides is 2. The lowest BCUT2D eigenvalue weighted by Gasteiger charge is -2.05. The third-order valence-electron chi connectivity index (χ3n) is 4.87. The summed E-state index contributed by atoms with van der Waals surface area (Å²) in [5.74, 6) is -1.45. The molecule has 0 spiro atoms. The van der Waals surface area contributed by atoms with E-state index in [1.807, 2.05) is 0 Å². The van der Waals surface area contributed by atoms with Crippen LogP contribution in [0.5, 0.6) is 0 Å². The van der Waals surface area contributed by atoms with E-state index in [0.717, 1.165) is 23.8 Å². The largest absolute Gasteiger partial charge is 0.480 e. The Kier molecular flexibility index (Phi) is 12.6. The van der Waals surface area contributed by atoms with E-state index in [4.69, 9.17) is 10.8 Å². The molecule has 0 unspecified atom stereocenters. The van der Waals surface area contributed by atoms with Gasteiger partial charge in [-0.15, -0.1) is 0 Å². The number of hydrogen-bond acceptors (Lipinski definition) is 5. The highest BCUT2D eigenvalue weighted by Gasteiger charge is 2.16. The maximum Gasteiger partial charge on any atom is 0.333 e. The smallest absolute Gasteiger partial charge is 0.333 e. The monoisotopic (exact) mass is 408 g/mol. The van der Waals surface area contributed by atoms with Crippen molar-refractivity contribution in [2.75, 3.05) is 0 Å². The van der Waals surface area contributed by atoms with Crippen molar-refractivity contribution in [1.29, 1.82) is 0 Å². The van der Waals surface area contributed by atoms with Gasteiger partial charge in [-0.3, -0.25) is 19.5 Å². The summed E-state index contributed by atoms with van der Waals surface area (Å²) in [5, 5.41) is 11.1. The summed E-state index contributed by atoms with van der Waals surface area (Å²) in [6.07, 6.45) is 16.2. The predicted octanol–water partition coefficient (Wildman–Crippen LogP) is 3.62. The lowest BCUT2D eigenvalue weighted by Crippen LogP contribution is -2.33. The van der Waals surface area contributed by atoms with Gasteiger partial charge in [0.1, 0.15) is 12.4 Å². The number of imidazole rings is 1. The summed E-state index contributed by atoms with van der Waals surface area (Å²) < 4.78 is 1.13. The summed E-state index contributed by atoms with van der Waals surface area (Å²) in [6, 6.07) is -1.68. The second kappa shape index (κ2) is 14.7. The molecule has 1 rings (SSSR count). The number of hydrogen-bond donors (Lipinski definition) is 3. The van der Waals surface area contributed by atoms with Crippen LogP contribution in [0.4, 0.5) is 4.79 Å². The van der Waals surface area contributed by atoms with Crippen LogP contribution in [0.1, 0.15) is 89.7 Å². The second-order valence-corrected chi connectivity index (χ2v) is 7.56. The quantitative estimate of drug-likeness (QED) is 0.380. The topological polar surface area (TPSA) is 127 Å². The van der Waals surface area contributed by atoms with Gasteiger partial charge in [0.15, 0.2) is 0 Å². The third-order valence-corrected chi connectivity index (χ3v) is 4.87. The van der Waals surface area contributed by atoms with Gasteiger partial charge in [-0.05, 0) is 6.42 Å². The average molecular weight is 409 g/mol. The Morgan fingerprint density at radius 2 is 1.59 bits per heavy atom. The first-order chi connectivity index (χ1) is 13.9. The highest BCUT2D eigenvalue weighted by atomic mass is 16.4. The number of carbonyl (C=O) groups excluding carboxylic acids is 2. The standard InChI is InChI=1S/C21H36N4O4/c1-2-3-4-5-6-7-8-9-10-11-12-13-19(26)24-21(29)25-15-17(23-16-25)14-18(22)20(27)28/h15-16,18H,2-14,22H2,1H3,(H,27,28)(H,24,26,29)/t18-/m0/s1. The molecule has 0 saturated heterocycles. The molecule has 0 bridgehead atoms. The zero-order chi connectivity index (χ0) is 21.5. The molecule has 1 aromatic heterocycles. The Labute approximate surface area is 173 Å². The molecule has 0 radical (unpaired) electrons. The summed E-state index contributed by atoms with van der Waals surface area (Å²) in [4.78, 5) is 38.6. The summed E-state index contributed by atoms with van der Waals surface area (Å²) in [6.45, 7) is 2.23. The number of nitrogens with zero attached hydrogens (tertiary/aromatic N) is 2. The van der Waals surface area contributed by atoms with Crippen molar-refractivity contribution in [3.8, 4) is 0 Å². The van der Waals surface area contributed by atoms with E-state index in [9.17, 15) is 14.4 Å². The zero-order valence-corrected chi connectivity index (χ0v) is 17.6. The van der Waals surface area contributed by atoms with Crippen LogP contribution in [0.15, 0.2) is 12.5 Å². The Morgan fingerprint density at radius 3 is 2.14 bits per heavy atom. The van der Waals surface area contributed by atoms with Crippen LogP contribution in [0.3, 0.4) is 0 Å². The van der Waals surface area contributed by atoms with E-state index in [0.29, 0.717) is 12.1 Å². The minimum Gasteiger partial charge on any atom is -0.480 e. The molecule has 8 nitrogen and oxygen atoms in total. The number of nitrogens with two attached hydrogens (primary N) is 1. The van der Waals surface area contributed by atoms with Crippen molar-refractivity contribution < 1.29 is 19.5 Å². The maximum absolute atomic E-state index is 12.0. The van der Waals surface area contributed by atoms with Crippen LogP contribution in [-0.2, 0) is 16.0 Å². The van der Waals surface area contributed by atoms with E-state index in [-0.39, 0.29) is 12.3 Å². The molecule has 1 aromatic rings. The van der Waals surface area contributed by atoms with Gasteiger partial charge >= 0.3 is 12.0 Å². The van der Waals surface area contributed by atoms with E-state index in [2.05, 4.69) is 17.2 Å². The van der Waals surface area contributed by atoms with Crippen molar-refractivity contribution in [3.05, 3.63) is 18.2 Å². The molecular formula is C21H36N4O4. The van der Waals surface area contributed by atoms with Crippen LogP contribution < -0.4 is 11.1 Å². The molecule has 0 saturated carbocycles. The Balaban J connectivity index is 2.10. The second-order valence-electron chi connectivity index (χ2n) is 7.56. The number of carboxylic acids is 1. The summed E-state index contributed by atoms with van der Waals surface area (Å²) in [7, 11) is 0. The van der Waals surface area contributed by atoms with Gasteiger partial charge in [-0.1, -0.05) is 71.1 Å². The SMILES string of the molecule is CCCCCCCCCCCCCC(=O)NC(=O)n1cnc(C[C@H](N)C(=O)O)c1. The molecule has 0 fully saturated rings. The molecule has 164 valence electrons. The van der Waals surface area contributed by atoms with Crippen LogP contribution >= 0.6 is 0 Å². The van der Waals surface area contributed by atoms with Crippen molar-refractivity contribution in [3.63, 3.8) is 0 Å². The number of unbranched alkanes of at least 4 members (excludes halogenated alkanes) is 10. The van der Waals surface area contributed by atoms with E-state index in [1.165, 1.54) is 63.9 Å². The van der Waals surface area contributed by atoms with Gasteiger partial charge in [0.05, 0.1) is 5.69 Å². The maximum atomic E-state index is 12.0. The van der Waals surface area contributed by atoms with E-state index < -0.39 is 18.0 Å². The number of carboxylic acid groups (broad SMARTS) is 1. The lowest BCUT2D eigenvalue weighted by atomic mass is 10.1. The molecule has 1 heterocycles. The summed E-state index contributed by atoms with van der Waals surface area (Å²) >= 11 is 0. The fourth-order valence-electron chi connectivity index (χ4n) is 3.09. The first-order valence-corrected chi connectivity index (χ1v) is 10.8. The first-order valence-electron chi connectivity index (χ1n) is 10.8. The zero-order valence-electron chi connectivity index (χ0n) is 17.6. The minimum atomic E-state index is -1.13. The van der Waals surface area contributed by atoms with Crippen LogP contribution in [0.2, 0.25) is 0 Å². The number of nitrogens with one attached hydrogen (secondary N) is 1. The van der Waals surface area contributed by atoms with E-state index in [1.54, 1.807) is 0 Å². The molecule has 0 aliphatic carbocycles. The van der Waals surface area contributed by atoms with Crippen LogP contribution in [0, 0.1) is 0 Å². The number of rotatable bonds is 15. The van der Waals surface area contributed by atoms with Crippen molar-refractivity contribution in [1.82, 2.24) is 14.9 Å². The van der Waals surface area contributed by atoms with Gasteiger partial charge in [0, 0.05) is 19.0 Å². The normalized spacial score (nSPS) is 11.9. The number of imide groups is 1. The molecule has 1 atom stereocenters. The minimum absolute atomic E-state index is 0.0162. The van der Waals surface area contributed by atoms with Gasteiger partial charge in [0.2, 0.25) is 5.91 Å². The number of aromatic nitrogens is 2. The Morgan fingerprint density at radius 1 is 1.03 bits per heavy atom. The molecule has 0 aliphatic rings. The molecule has 0 aliphatic heterocycles. The Hall–Kier alpha value is -2.22. The molecule has 29 heavy (non-hydrogen) atoms. The molecule has 8 heteroatoms. The van der Waals surface area contributed by atoms with Crippen LogP contribution in [-0.4, -0.2) is 38.6 Å². The fraction of sp³-hybridized carbons (Fsp3) is 0.714. The van der Waals surface area contributed by atoms with Gasteiger partial charge in [-0.2, -0.15) is 0 Å². The highest BCUT2D eigenvalue weighted by molar-refractivity contribution is 5.95. The van der Waals surface area contributed by atoms with Gasteiger partial charge in [0.25, 0.3) is 0 Å². The highest BCUT2D eigenvalue weighted by Crippen LogP contribution is 2.12. The fourth-order valence-corrected chi connectivity index (χ4v) is 3.09. The van der Waals surface area contributed by atoms with Crippen LogP contribution in [0.25, 0.3) is 0 Å². The van der Waals surface area contributed by atoms with Crippen molar-refractivity contribution in [2.45, 2.75) is 96.4 Å². The third kappa shape index (κ3) is 11.4. The van der Waals surface area contributed by atoms with Gasteiger partial charge < -0.3 is 10.8 Å². The predicted molar refractivity (Wildman–Crippen MR) is 112 cm³/mol. The van der Waals surface area contributed by atoms with Crippen molar-refractivity contribution in [2.24, 2.45) is 5.73 Å². The van der Waals surface area contributed by atoms with Gasteiger partial charge in [-0.25, -0.2) is 9.78 Å². The molecular weight excluding hydrogens is 372 g/mol. The van der Waals surface area contributed by atoms with E-state index >= 15 is 0 Å². The molecule has 4 N–H and O–H groups in total. The molecule has 0 aromatic carbocycles.